The minimum atomic E-state index is -0.0494. The van der Waals surface area contributed by atoms with Gasteiger partial charge in [-0.2, -0.15) is 0 Å². The van der Waals surface area contributed by atoms with Crippen molar-refractivity contribution in [3.63, 3.8) is 0 Å². The summed E-state index contributed by atoms with van der Waals surface area (Å²) in [5.74, 6) is -0.0494. The number of carbonyl (C=O) groups excluding carboxylic acids is 1. The van der Waals surface area contributed by atoms with Crippen molar-refractivity contribution in [3.05, 3.63) is 70.9 Å². The van der Waals surface area contributed by atoms with E-state index in [4.69, 9.17) is 16.3 Å². The number of halogens is 1. The van der Waals surface area contributed by atoms with Gasteiger partial charge in [-0.1, -0.05) is 11.6 Å². The molecule has 2 aromatic rings. The summed E-state index contributed by atoms with van der Waals surface area (Å²) in [6.07, 6.45) is 1.60. The molecule has 2 aromatic carbocycles. The standard InChI is InChI=1S/C20H21ClN2O2/c1-15(14-20(24)16-2-4-17(21)5-3-16)22-18-6-8-19(9-7-18)23-10-12-25-13-11-23/h2-9,14,22H,10-13H2,1H3/b15-14+. The molecule has 1 N–H and O–H groups in total. The largest absolute Gasteiger partial charge is 0.378 e. The number of hydrogen-bond acceptors (Lipinski definition) is 4. The summed E-state index contributed by atoms with van der Waals surface area (Å²) in [6.45, 7) is 5.26. The second-order valence-corrected chi connectivity index (χ2v) is 6.41. The minimum Gasteiger partial charge on any atom is -0.378 e. The molecule has 0 radical (unpaired) electrons. The number of morpholine rings is 1. The molecule has 1 aliphatic heterocycles. The number of ether oxygens (including phenoxy) is 1. The molecular formula is C20H21ClN2O2. The molecule has 0 bridgehead atoms. The molecule has 1 fully saturated rings. The van der Waals surface area contributed by atoms with Gasteiger partial charge in [-0.05, 0) is 55.5 Å². The van der Waals surface area contributed by atoms with E-state index in [1.807, 2.05) is 19.1 Å². The first-order valence-electron chi connectivity index (χ1n) is 8.30. The van der Waals surface area contributed by atoms with Gasteiger partial charge in [0.25, 0.3) is 0 Å². The molecular weight excluding hydrogens is 336 g/mol. The van der Waals surface area contributed by atoms with Gasteiger partial charge in [0.05, 0.1) is 13.2 Å². The molecule has 1 aliphatic rings. The van der Waals surface area contributed by atoms with Crippen LogP contribution in [0.1, 0.15) is 17.3 Å². The van der Waals surface area contributed by atoms with E-state index in [9.17, 15) is 4.79 Å². The topological polar surface area (TPSA) is 41.6 Å². The second kappa shape index (κ2) is 8.19. The number of hydrogen-bond donors (Lipinski definition) is 1. The van der Waals surface area contributed by atoms with Crippen LogP contribution in [0.3, 0.4) is 0 Å². The zero-order chi connectivity index (χ0) is 17.6. The second-order valence-electron chi connectivity index (χ2n) is 5.97. The number of carbonyl (C=O) groups is 1. The summed E-state index contributed by atoms with van der Waals surface area (Å²) in [7, 11) is 0. The van der Waals surface area contributed by atoms with E-state index in [0.29, 0.717) is 10.6 Å². The Labute approximate surface area is 153 Å². The lowest BCUT2D eigenvalue weighted by molar-refractivity contribution is 0.104. The van der Waals surface area contributed by atoms with Gasteiger partial charge in [0.1, 0.15) is 0 Å². The molecule has 0 aliphatic carbocycles. The maximum Gasteiger partial charge on any atom is 0.187 e. The van der Waals surface area contributed by atoms with Crippen LogP contribution in [0.25, 0.3) is 0 Å². The van der Waals surface area contributed by atoms with Crippen LogP contribution in [-0.4, -0.2) is 32.1 Å². The number of rotatable bonds is 5. The molecule has 5 heteroatoms. The van der Waals surface area contributed by atoms with Crippen LogP contribution in [0, 0.1) is 0 Å². The third-order valence-electron chi connectivity index (χ3n) is 4.06. The Kier molecular flexibility index (Phi) is 5.74. The predicted molar refractivity (Wildman–Crippen MR) is 103 cm³/mol. The van der Waals surface area contributed by atoms with Gasteiger partial charge >= 0.3 is 0 Å². The lowest BCUT2D eigenvalue weighted by atomic mass is 10.1. The lowest BCUT2D eigenvalue weighted by Gasteiger charge is -2.29. The van der Waals surface area contributed by atoms with Crippen LogP contribution in [0.2, 0.25) is 5.02 Å². The van der Waals surface area contributed by atoms with Gasteiger partial charge in [0.2, 0.25) is 0 Å². The van der Waals surface area contributed by atoms with Crippen molar-refractivity contribution < 1.29 is 9.53 Å². The molecule has 0 amide bonds. The maximum atomic E-state index is 12.2. The number of anilines is 2. The van der Waals surface area contributed by atoms with E-state index in [-0.39, 0.29) is 5.78 Å². The van der Waals surface area contributed by atoms with E-state index in [0.717, 1.165) is 37.7 Å². The Morgan fingerprint density at radius 2 is 1.72 bits per heavy atom. The summed E-state index contributed by atoms with van der Waals surface area (Å²) >= 11 is 5.85. The highest BCUT2D eigenvalue weighted by atomic mass is 35.5. The monoisotopic (exact) mass is 356 g/mol. The van der Waals surface area contributed by atoms with Crippen molar-refractivity contribution >= 4 is 28.8 Å². The molecule has 1 heterocycles. The zero-order valence-corrected chi connectivity index (χ0v) is 14.9. The maximum absolute atomic E-state index is 12.2. The smallest absolute Gasteiger partial charge is 0.187 e. The molecule has 4 nitrogen and oxygen atoms in total. The van der Waals surface area contributed by atoms with Crippen LogP contribution >= 0.6 is 11.6 Å². The summed E-state index contributed by atoms with van der Waals surface area (Å²) in [5.41, 5.74) is 3.55. The number of ketones is 1. The van der Waals surface area contributed by atoms with Gasteiger partial charge in [-0.15, -0.1) is 0 Å². The first-order chi connectivity index (χ1) is 12.1. The Morgan fingerprint density at radius 3 is 2.36 bits per heavy atom. The molecule has 0 atom stereocenters. The lowest BCUT2D eigenvalue weighted by Crippen LogP contribution is -2.36. The number of allylic oxidation sites excluding steroid dienone is 2. The summed E-state index contributed by atoms with van der Waals surface area (Å²) in [5, 5.41) is 3.88. The van der Waals surface area contributed by atoms with Crippen LogP contribution < -0.4 is 10.2 Å². The highest BCUT2D eigenvalue weighted by molar-refractivity contribution is 6.30. The number of nitrogens with zero attached hydrogens (tertiary/aromatic N) is 1. The van der Waals surface area contributed by atoms with Crippen LogP contribution in [0.5, 0.6) is 0 Å². The Balaban J connectivity index is 1.62. The van der Waals surface area contributed by atoms with Crippen molar-refractivity contribution in [2.24, 2.45) is 0 Å². The van der Waals surface area contributed by atoms with Gasteiger partial charge in [0, 0.05) is 46.8 Å². The summed E-state index contributed by atoms with van der Waals surface area (Å²) < 4.78 is 5.38. The fourth-order valence-corrected chi connectivity index (χ4v) is 2.86. The normalized spacial score (nSPS) is 15.1. The van der Waals surface area contributed by atoms with E-state index >= 15 is 0 Å². The highest BCUT2D eigenvalue weighted by Crippen LogP contribution is 2.20. The molecule has 0 aromatic heterocycles. The average Bonchev–Trinajstić information content (AvgIpc) is 2.63. The quantitative estimate of drug-likeness (QED) is 0.637. The molecule has 3 rings (SSSR count). The summed E-state index contributed by atoms with van der Waals surface area (Å²) in [6, 6.07) is 15.1. The van der Waals surface area contributed by atoms with Crippen molar-refractivity contribution in [1.29, 1.82) is 0 Å². The van der Waals surface area contributed by atoms with Crippen molar-refractivity contribution in [2.75, 3.05) is 36.5 Å². The molecule has 130 valence electrons. The Hall–Kier alpha value is -2.30. The molecule has 0 spiro atoms. The van der Waals surface area contributed by atoms with Crippen molar-refractivity contribution in [2.45, 2.75) is 6.92 Å². The molecule has 1 saturated heterocycles. The third-order valence-corrected chi connectivity index (χ3v) is 4.31. The number of nitrogens with one attached hydrogen (secondary N) is 1. The highest BCUT2D eigenvalue weighted by Gasteiger charge is 2.10. The zero-order valence-electron chi connectivity index (χ0n) is 14.2. The fourth-order valence-electron chi connectivity index (χ4n) is 2.74. The third kappa shape index (κ3) is 4.84. The first-order valence-corrected chi connectivity index (χ1v) is 8.67. The van der Waals surface area contributed by atoms with E-state index in [2.05, 4.69) is 22.3 Å². The van der Waals surface area contributed by atoms with Crippen molar-refractivity contribution in [3.8, 4) is 0 Å². The fraction of sp³-hybridized carbons (Fsp3) is 0.250. The van der Waals surface area contributed by atoms with E-state index < -0.39 is 0 Å². The van der Waals surface area contributed by atoms with Gasteiger partial charge in [-0.3, -0.25) is 4.79 Å². The van der Waals surface area contributed by atoms with Crippen molar-refractivity contribution in [1.82, 2.24) is 0 Å². The van der Waals surface area contributed by atoms with Gasteiger partial charge in [0.15, 0.2) is 5.78 Å². The average molecular weight is 357 g/mol. The first kappa shape index (κ1) is 17.5. The SMILES string of the molecule is C/C(=C\C(=O)c1ccc(Cl)cc1)Nc1ccc(N2CCOCC2)cc1. The molecule has 0 saturated carbocycles. The van der Waals surface area contributed by atoms with Gasteiger partial charge < -0.3 is 15.0 Å². The van der Waals surface area contributed by atoms with Crippen LogP contribution in [0.15, 0.2) is 60.3 Å². The van der Waals surface area contributed by atoms with Crippen LogP contribution in [-0.2, 0) is 4.74 Å². The number of benzene rings is 2. The van der Waals surface area contributed by atoms with E-state index in [1.165, 1.54) is 5.69 Å². The summed E-state index contributed by atoms with van der Waals surface area (Å²) in [4.78, 5) is 14.5. The minimum absolute atomic E-state index is 0.0494. The van der Waals surface area contributed by atoms with Crippen LogP contribution in [0.4, 0.5) is 11.4 Å². The van der Waals surface area contributed by atoms with Gasteiger partial charge in [-0.25, -0.2) is 0 Å². The predicted octanol–water partition coefficient (Wildman–Crippen LogP) is 4.38. The molecule has 25 heavy (non-hydrogen) atoms. The Morgan fingerprint density at radius 1 is 1.08 bits per heavy atom. The molecule has 0 unspecified atom stereocenters. The Bertz CT molecular complexity index is 748. The van der Waals surface area contributed by atoms with E-state index in [1.54, 1.807) is 30.3 Å².